The Balaban J connectivity index is 1.74. The minimum atomic E-state index is -4.03. The van der Waals surface area contributed by atoms with Gasteiger partial charge in [-0.1, -0.05) is 54.7 Å². The predicted molar refractivity (Wildman–Crippen MR) is 154 cm³/mol. The second kappa shape index (κ2) is 12.1. The van der Waals surface area contributed by atoms with Gasteiger partial charge in [0.25, 0.3) is 0 Å². The van der Waals surface area contributed by atoms with Gasteiger partial charge in [-0.3, -0.25) is 0 Å². The van der Waals surface area contributed by atoms with Crippen molar-refractivity contribution in [3.8, 4) is 17.6 Å². The van der Waals surface area contributed by atoms with Crippen molar-refractivity contribution in [1.82, 2.24) is 8.61 Å². The Labute approximate surface area is 237 Å². The Bertz CT molecular complexity index is 1610. The third-order valence-electron chi connectivity index (χ3n) is 6.96. The van der Waals surface area contributed by atoms with Crippen molar-refractivity contribution in [3.05, 3.63) is 89.5 Å². The van der Waals surface area contributed by atoms with Gasteiger partial charge in [0.15, 0.2) is 0 Å². The molecule has 40 heavy (non-hydrogen) atoms. The molecule has 0 saturated heterocycles. The van der Waals surface area contributed by atoms with Gasteiger partial charge in [0.05, 0.1) is 18.0 Å². The number of hydrogen-bond donors (Lipinski definition) is 1. The zero-order valence-electron chi connectivity index (χ0n) is 23.0. The Morgan fingerprint density at radius 1 is 1.05 bits per heavy atom. The summed E-state index contributed by atoms with van der Waals surface area (Å²) < 4.78 is 62.9. The van der Waals surface area contributed by atoms with Crippen LogP contribution in [0.4, 0.5) is 0 Å². The largest absolute Gasteiger partial charge is 0.487 e. The van der Waals surface area contributed by atoms with Crippen LogP contribution in [0.25, 0.3) is 0 Å². The average molecular weight is 583 g/mol. The lowest BCUT2D eigenvalue weighted by molar-refractivity contribution is 0.0904. The number of aryl methyl sites for hydroxylation is 1. The van der Waals surface area contributed by atoms with Gasteiger partial charge >= 0.3 is 0 Å². The molecule has 1 aliphatic heterocycles. The van der Waals surface area contributed by atoms with Crippen LogP contribution in [0.5, 0.6) is 5.75 Å². The zero-order valence-corrected chi connectivity index (χ0v) is 24.6. The third-order valence-corrected chi connectivity index (χ3v) is 10.8. The number of fused-ring (bicyclic) bond motifs is 1. The highest BCUT2D eigenvalue weighted by Gasteiger charge is 2.39. The molecular formula is C30H34N2O6S2. The van der Waals surface area contributed by atoms with E-state index in [1.807, 2.05) is 44.2 Å². The minimum absolute atomic E-state index is 0.0157. The molecule has 0 unspecified atom stereocenters. The molecule has 1 heterocycles. The van der Waals surface area contributed by atoms with E-state index in [4.69, 9.17) is 4.74 Å². The average Bonchev–Trinajstić information content (AvgIpc) is 2.94. The van der Waals surface area contributed by atoms with Gasteiger partial charge in [0.1, 0.15) is 16.7 Å². The highest BCUT2D eigenvalue weighted by Crippen LogP contribution is 2.34. The van der Waals surface area contributed by atoms with E-state index in [9.17, 15) is 21.9 Å². The first kappa shape index (κ1) is 29.8. The van der Waals surface area contributed by atoms with Crippen LogP contribution in [0.1, 0.15) is 30.5 Å². The fraction of sp³-hybridized carbons (Fsp3) is 0.333. The van der Waals surface area contributed by atoms with Crippen LogP contribution in [-0.4, -0.2) is 69.4 Å². The topological polar surface area (TPSA) is 104 Å². The Morgan fingerprint density at radius 2 is 1.70 bits per heavy atom. The molecule has 3 atom stereocenters. The van der Waals surface area contributed by atoms with E-state index in [1.54, 1.807) is 43.3 Å². The van der Waals surface area contributed by atoms with E-state index in [-0.39, 0.29) is 35.2 Å². The fourth-order valence-corrected chi connectivity index (χ4v) is 7.44. The van der Waals surface area contributed by atoms with Gasteiger partial charge in [0, 0.05) is 36.7 Å². The summed E-state index contributed by atoms with van der Waals surface area (Å²) in [6.45, 7) is 4.99. The van der Waals surface area contributed by atoms with Crippen molar-refractivity contribution in [2.24, 2.45) is 5.92 Å². The number of hydrogen-bond acceptors (Lipinski definition) is 6. The van der Waals surface area contributed by atoms with E-state index in [1.165, 1.54) is 21.7 Å². The number of aliphatic hydroxyl groups excluding tert-OH is 1. The number of benzene rings is 3. The maximum Gasteiger partial charge on any atom is 0.247 e. The predicted octanol–water partition coefficient (Wildman–Crippen LogP) is 3.48. The van der Waals surface area contributed by atoms with Crippen molar-refractivity contribution < 1.29 is 26.7 Å². The summed E-state index contributed by atoms with van der Waals surface area (Å²) in [7, 11) is -6.37. The van der Waals surface area contributed by atoms with Crippen molar-refractivity contribution in [3.63, 3.8) is 0 Å². The van der Waals surface area contributed by atoms with Gasteiger partial charge in [-0.2, -0.15) is 8.61 Å². The molecule has 0 radical (unpaired) electrons. The third kappa shape index (κ3) is 6.40. The number of rotatable bonds is 6. The quantitative estimate of drug-likeness (QED) is 0.447. The van der Waals surface area contributed by atoms with Crippen molar-refractivity contribution in [1.29, 1.82) is 0 Å². The smallest absolute Gasteiger partial charge is 0.247 e. The summed E-state index contributed by atoms with van der Waals surface area (Å²) in [5, 5.41) is 9.86. The number of likely N-dealkylation sites (N-methyl/N-ethyl adjacent to an activating group) is 1. The first-order valence-electron chi connectivity index (χ1n) is 13.0. The van der Waals surface area contributed by atoms with Crippen LogP contribution < -0.4 is 4.74 Å². The lowest BCUT2D eigenvalue weighted by Crippen LogP contribution is -2.50. The summed E-state index contributed by atoms with van der Waals surface area (Å²) in [6, 6.07) is 20.0. The fourth-order valence-electron chi connectivity index (χ4n) is 4.43. The van der Waals surface area contributed by atoms with E-state index in [0.717, 1.165) is 11.1 Å². The van der Waals surface area contributed by atoms with Crippen LogP contribution in [0.2, 0.25) is 0 Å². The lowest BCUT2D eigenvalue weighted by atomic mass is 10.0. The standard InChI is InChI=1S/C30H34N2O6S2/c1-22-10-15-27(16-11-22)39(34,35)31(4)20-29-23(2)19-32(24(3)21-33)40(36,37)30-17-14-26(18-28(30)38-29)13-12-25-8-6-5-7-9-25/h5-11,14-18,23-24,29,33H,19-21H2,1-4H3/t23-,24-,29-/m0/s1. The van der Waals surface area contributed by atoms with Crippen LogP contribution in [-0.2, 0) is 20.0 Å². The molecule has 4 rings (SSSR count). The van der Waals surface area contributed by atoms with Crippen molar-refractivity contribution >= 4 is 20.0 Å². The van der Waals surface area contributed by atoms with Gasteiger partial charge in [0.2, 0.25) is 20.0 Å². The van der Waals surface area contributed by atoms with Crippen LogP contribution in [0, 0.1) is 24.7 Å². The lowest BCUT2D eigenvalue weighted by Gasteiger charge is -2.37. The molecule has 0 fully saturated rings. The van der Waals surface area contributed by atoms with E-state index in [0.29, 0.717) is 5.56 Å². The molecule has 0 spiro atoms. The summed E-state index contributed by atoms with van der Waals surface area (Å²) >= 11 is 0. The first-order valence-corrected chi connectivity index (χ1v) is 15.8. The number of nitrogens with zero attached hydrogens (tertiary/aromatic N) is 2. The maximum absolute atomic E-state index is 13.7. The zero-order chi connectivity index (χ0) is 29.1. The Hall–Kier alpha value is -3.20. The highest BCUT2D eigenvalue weighted by molar-refractivity contribution is 7.89. The summed E-state index contributed by atoms with van der Waals surface area (Å²) in [6.07, 6.45) is -0.690. The van der Waals surface area contributed by atoms with E-state index < -0.39 is 38.1 Å². The molecule has 3 aromatic carbocycles. The molecular weight excluding hydrogens is 548 g/mol. The van der Waals surface area contributed by atoms with E-state index in [2.05, 4.69) is 11.8 Å². The second-order valence-corrected chi connectivity index (χ2v) is 14.0. The van der Waals surface area contributed by atoms with Crippen LogP contribution in [0.15, 0.2) is 82.6 Å². The normalized spacial score (nSPS) is 19.9. The summed E-state index contributed by atoms with van der Waals surface area (Å²) in [5.74, 6) is 5.79. The van der Waals surface area contributed by atoms with Gasteiger partial charge in [-0.25, -0.2) is 16.8 Å². The molecule has 0 bridgehead atoms. The number of aliphatic hydroxyl groups is 1. The molecule has 0 aromatic heterocycles. The van der Waals surface area contributed by atoms with Gasteiger partial charge in [-0.05, 0) is 56.3 Å². The number of ether oxygens (including phenoxy) is 1. The first-order chi connectivity index (χ1) is 18.9. The van der Waals surface area contributed by atoms with Crippen molar-refractivity contribution in [2.45, 2.75) is 42.7 Å². The molecule has 212 valence electrons. The SMILES string of the molecule is Cc1ccc(S(=O)(=O)N(C)C[C@@H]2Oc3cc(C#Cc4ccccc4)ccc3S(=O)(=O)N([C@@H](C)CO)C[C@@H]2C)cc1. The second-order valence-electron chi connectivity index (χ2n) is 10.1. The minimum Gasteiger partial charge on any atom is -0.487 e. The van der Waals surface area contributed by atoms with Crippen molar-refractivity contribution in [2.75, 3.05) is 26.7 Å². The molecule has 1 N–H and O–H groups in total. The van der Waals surface area contributed by atoms with Gasteiger partial charge < -0.3 is 9.84 Å². The molecule has 3 aromatic rings. The highest BCUT2D eigenvalue weighted by atomic mass is 32.2. The molecule has 8 nitrogen and oxygen atoms in total. The molecule has 0 amide bonds. The van der Waals surface area contributed by atoms with Gasteiger partial charge in [-0.15, -0.1) is 0 Å². The summed E-state index contributed by atoms with van der Waals surface area (Å²) in [4.78, 5) is 0.107. The Morgan fingerprint density at radius 3 is 2.35 bits per heavy atom. The monoisotopic (exact) mass is 582 g/mol. The molecule has 1 aliphatic rings. The van der Waals surface area contributed by atoms with E-state index >= 15 is 0 Å². The number of sulfonamides is 2. The van der Waals surface area contributed by atoms with Crippen LogP contribution >= 0.6 is 0 Å². The van der Waals surface area contributed by atoms with Crippen LogP contribution in [0.3, 0.4) is 0 Å². The summed E-state index contributed by atoms with van der Waals surface area (Å²) in [5.41, 5.74) is 2.30. The molecule has 10 heteroatoms. The molecule has 0 aliphatic carbocycles. The maximum atomic E-state index is 13.7. The molecule has 0 saturated carbocycles. The Kier molecular flexibility index (Phi) is 9.02.